The molecule has 0 aromatic heterocycles. The number of nitrogens with two attached hydrogens (primary N) is 1. The average Bonchev–Trinajstić information content (AvgIpc) is 3.70. The third-order valence-corrected chi connectivity index (χ3v) is 10.2. The predicted molar refractivity (Wildman–Crippen MR) is 186 cm³/mol. The molecule has 0 amide bonds. The Labute approximate surface area is 288 Å². The van der Waals surface area contributed by atoms with Crippen LogP contribution in [0.3, 0.4) is 0 Å². The number of quaternary nitrogens is 1. The zero-order chi connectivity index (χ0) is 33.9. The molecule has 6 atom stereocenters. The number of aliphatic hydroxyl groups is 2. The van der Waals surface area contributed by atoms with Crippen LogP contribution in [0.1, 0.15) is 92.0 Å². The van der Waals surface area contributed by atoms with Gasteiger partial charge < -0.3 is 25.4 Å². The van der Waals surface area contributed by atoms with Crippen molar-refractivity contribution >= 4 is 12.0 Å². The highest BCUT2D eigenvalue weighted by Crippen LogP contribution is 2.36. The number of ether oxygens (including phenoxy) is 2. The number of carbonyl (C=O) groups is 1. The van der Waals surface area contributed by atoms with E-state index in [2.05, 4.69) is 42.3 Å². The standard InChI is InChI=1S/C40H44N4O5/c1-2-3-4-7-28(45)21-29(46)11-8-25-9-15-37-38(19-25)49-40-26(6-5-18-48-37)10-14-36(47)31-12-13-32-30(16-17-42-39(32)41)33(31)20-27-22-43-35-24-44(40)23-34(27)35/h9,12-13,15,19,22,24,26,28,36,39-40,42,45,47H,2-4,6-8,11,16-17,20-21,23,41H2,1H3/p+1. The van der Waals surface area contributed by atoms with Crippen LogP contribution in [0, 0.1) is 29.8 Å². The molecule has 2 bridgehead atoms. The summed E-state index contributed by atoms with van der Waals surface area (Å²) in [6.07, 6.45) is 11.3. The molecule has 0 radical (unpaired) electrons. The maximum Gasteiger partial charge on any atom is 0.251 e. The van der Waals surface area contributed by atoms with Gasteiger partial charge in [-0.15, -0.1) is 0 Å². The molecular formula is C40H45N4O5+. The van der Waals surface area contributed by atoms with Crippen LogP contribution in [0.15, 0.2) is 58.4 Å². The molecule has 0 aliphatic carbocycles. The largest absolute Gasteiger partial charge is 0.437 e. The number of Topliss-reactive ketones (excluding diaryl/α,β-unsaturated/α-hetero) is 1. The second kappa shape index (κ2) is 14.7. The molecule has 0 spiro atoms. The molecule has 2 aromatic rings. The zero-order valence-corrected chi connectivity index (χ0v) is 28.1. The fourth-order valence-corrected chi connectivity index (χ4v) is 7.55. The molecule has 254 valence electrons. The Kier molecular flexibility index (Phi) is 10.00. The van der Waals surface area contributed by atoms with Crippen LogP contribution in [0.25, 0.3) is 0 Å². The summed E-state index contributed by atoms with van der Waals surface area (Å²) in [5, 5.41) is 25.2. The van der Waals surface area contributed by atoms with E-state index in [1.165, 1.54) is 11.1 Å². The first kappa shape index (κ1) is 33.3. The Morgan fingerprint density at radius 3 is 2.92 bits per heavy atom. The normalized spacial score (nSPS) is 25.3. The monoisotopic (exact) mass is 661 g/mol. The molecule has 5 aliphatic heterocycles. The third kappa shape index (κ3) is 7.23. The quantitative estimate of drug-likeness (QED) is 0.206. The van der Waals surface area contributed by atoms with Crippen molar-refractivity contribution in [2.45, 2.75) is 95.7 Å². The van der Waals surface area contributed by atoms with Crippen LogP contribution in [0.4, 0.5) is 0 Å². The fraction of sp³-hybridized carbons (Fsp3) is 0.450. The first-order valence-electron chi connectivity index (χ1n) is 17.7. The number of fused-ring (bicyclic) bond motifs is 7. The Hall–Kier alpha value is -4.22. The SMILES string of the molecule is CCCCCC(O)CC(=O)CCc1ccc2c(c1)OC1C(C#CC(O)c3ccc4c(c3CC3=C5C[NH+]1C=C5N=C3)CCNC4N)CC#CO2. The molecule has 5 heterocycles. The molecule has 6 N–H and O–H groups in total. The maximum absolute atomic E-state index is 12.7. The summed E-state index contributed by atoms with van der Waals surface area (Å²) in [7, 11) is 0. The lowest BCUT2D eigenvalue weighted by atomic mass is 9.84. The van der Waals surface area contributed by atoms with E-state index in [0.29, 0.717) is 50.1 Å². The van der Waals surface area contributed by atoms with E-state index in [4.69, 9.17) is 20.2 Å². The number of aryl methyl sites for hydroxylation is 1. The minimum absolute atomic E-state index is 0.0506. The van der Waals surface area contributed by atoms with E-state index < -0.39 is 18.4 Å². The number of unbranched alkanes of at least 4 members (excludes halogenated alkanes) is 2. The number of aliphatic hydroxyl groups excluding tert-OH is 2. The van der Waals surface area contributed by atoms with Crippen molar-refractivity contribution in [1.82, 2.24) is 5.32 Å². The van der Waals surface area contributed by atoms with Crippen molar-refractivity contribution < 1.29 is 29.4 Å². The van der Waals surface area contributed by atoms with Crippen molar-refractivity contribution in [2.75, 3.05) is 13.1 Å². The molecule has 49 heavy (non-hydrogen) atoms. The molecule has 5 aliphatic rings. The number of allylic oxidation sites excluding steroid dienone is 1. The van der Waals surface area contributed by atoms with E-state index in [9.17, 15) is 15.0 Å². The number of nitrogens with one attached hydrogen (secondary N) is 2. The summed E-state index contributed by atoms with van der Waals surface area (Å²) in [6, 6.07) is 9.68. The van der Waals surface area contributed by atoms with Crippen molar-refractivity contribution in [1.29, 1.82) is 0 Å². The van der Waals surface area contributed by atoms with Crippen LogP contribution in [0.2, 0.25) is 0 Å². The Morgan fingerprint density at radius 2 is 2.04 bits per heavy atom. The lowest BCUT2D eigenvalue weighted by Crippen LogP contribution is -3.12. The Morgan fingerprint density at radius 1 is 1.16 bits per heavy atom. The first-order valence-corrected chi connectivity index (χ1v) is 17.7. The van der Waals surface area contributed by atoms with Gasteiger partial charge in [-0.25, -0.2) is 0 Å². The van der Waals surface area contributed by atoms with E-state index in [0.717, 1.165) is 70.7 Å². The topological polar surface area (TPSA) is 131 Å². The van der Waals surface area contributed by atoms with Crippen LogP contribution < -0.4 is 25.4 Å². The van der Waals surface area contributed by atoms with Crippen molar-refractivity contribution in [3.63, 3.8) is 0 Å². The van der Waals surface area contributed by atoms with Gasteiger partial charge in [-0.1, -0.05) is 62.1 Å². The molecule has 9 heteroatoms. The summed E-state index contributed by atoms with van der Waals surface area (Å²) in [4.78, 5) is 18.6. The van der Waals surface area contributed by atoms with Crippen LogP contribution in [0.5, 0.6) is 11.5 Å². The molecule has 9 nitrogen and oxygen atoms in total. The van der Waals surface area contributed by atoms with E-state index in [1.54, 1.807) is 0 Å². The average molecular weight is 662 g/mol. The van der Waals surface area contributed by atoms with Crippen molar-refractivity contribution in [3.8, 4) is 35.4 Å². The molecule has 7 rings (SSSR count). The summed E-state index contributed by atoms with van der Waals surface area (Å²) in [6.45, 7) is 3.58. The highest BCUT2D eigenvalue weighted by Gasteiger charge is 2.40. The molecule has 2 aromatic carbocycles. The van der Waals surface area contributed by atoms with Gasteiger partial charge in [0.2, 0.25) is 0 Å². The summed E-state index contributed by atoms with van der Waals surface area (Å²) in [5.74, 6) is 10.4. The Bertz CT molecular complexity index is 1840. The number of hydrogen-bond donors (Lipinski definition) is 5. The lowest BCUT2D eigenvalue weighted by Gasteiger charge is -2.29. The van der Waals surface area contributed by atoms with Crippen molar-refractivity contribution in [2.24, 2.45) is 16.6 Å². The number of ketones is 1. The predicted octanol–water partition coefficient (Wildman–Crippen LogP) is 3.10. The molecule has 0 saturated heterocycles. The second-order valence-electron chi connectivity index (χ2n) is 13.7. The summed E-state index contributed by atoms with van der Waals surface area (Å²) < 4.78 is 12.7. The van der Waals surface area contributed by atoms with Gasteiger partial charge in [-0.3, -0.25) is 20.0 Å². The van der Waals surface area contributed by atoms with Crippen LogP contribution >= 0.6 is 0 Å². The third-order valence-electron chi connectivity index (χ3n) is 10.2. The summed E-state index contributed by atoms with van der Waals surface area (Å²) in [5.41, 5.74) is 14.8. The number of hydrogen-bond acceptors (Lipinski definition) is 8. The smallest absolute Gasteiger partial charge is 0.251 e. The van der Waals surface area contributed by atoms with Gasteiger partial charge >= 0.3 is 0 Å². The fourth-order valence-electron chi connectivity index (χ4n) is 7.55. The van der Waals surface area contributed by atoms with E-state index in [-0.39, 0.29) is 24.3 Å². The van der Waals surface area contributed by atoms with Gasteiger partial charge in [0.05, 0.1) is 12.3 Å². The van der Waals surface area contributed by atoms with Gasteiger partial charge in [0.1, 0.15) is 42.4 Å². The van der Waals surface area contributed by atoms with Crippen LogP contribution in [-0.4, -0.2) is 47.6 Å². The van der Waals surface area contributed by atoms with Crippen molar-refractivity contribution in [3.05, 3.63) is 81.2 Å². The highest BCUT2D eigenvalue weighted by atomic mass is 16.5. The molecular weight excluding hydrogens is 616 g/mol. The summed E-state index contributed by atoms with van der Waals surface area (Å²) >= 11 is 0. The van der Waals surface area contributed by atoms with Crippen LogP contribution in [-0.2, 0) is 24.1 Å². The minimum atomic E-state index is -0.996. The van der Waals surface area contributed by atoms with Gasteiger partial charge in [-0.05, 0) is 64.8 Å². The second-order valence-corrected chi connectivity index (χ2v) is 13.7. The zero-order valence-electron chi connectivity index (χ0n) is 28.1. The Balaban J connectivity index is 1.18. The van der Waals surface area contributed by atoms with E-state index in [1.807, 2.05) is 36.5 Å². The number of benzene rings is 2. The molecule has 0 saturated carbocycles. The number of nitrogens with zero attached hydrogens (tertiary/aromatic N) is 1. The number of rotatable bonds is 9. The number of aliphatic imine (C=N–C) groups is 1. The minimum Gasteiger partial charge on any atom is -0.437 e. The first-order chi connectivity index (χ1) is 23.9. The lowest BCUT2D eigenvalue weighted by molar-refractivity contribution is -0.889. The van der Waals surface area contributed by atoms with Gasteiger partial charge in [-0.2, -0.15) is 0 Å². The number of carbonyl (C=O) groups excluding carboxylic acids is 1. The molecule has 0 fully saturated rings. The van der Waals surface area contributed by atoms with E-state index >= 15 is 0 Å². The van der Waals surface area contributed by atoms with Gasteiger partial charge in [0.15, 0.2) is 11.5 Å². The van der Waals surface area contributed by atoms with Gasteiger partial charge in [0.25, 0.3) is 6.23 Å². The highest BCUT2D eigenvalue weighted by molar-refractivity contribution is 5.87. The molecule has 6 unspecified atom stereocenters. The van der Waals surface area contributed by atoms with Gasteiger partial charge in [0, 0.05) is 44.0 Å². The maximum atomic E-state index is 12.7.